The van der Waals surface area contributed by atoms with E-state index in [0.717, 1.165) is 5.56 Å². The fourth-order valence-electron chi connectivity index (χ4n) is 1.87. The monoisotopic (exact) mass is 217 g/mol. The molecule has 4 heteroatoms. The molecule has 16 heavy (non-hydrogen) atoms. The number of nitrogens with two attached hydrogens (primary N) is 1. The third kappa shape index (κ3) is 1.86. The summed E-state index contributed by atoms with van der Waals surface area (Å²) in [6.45, 7) is 5.05. The summed E-state index contributed by atoms with van der Waals surface area (Å²) >= 11 is 0. The van der Waals surface area contributed by atoms with Crippen molar-refractivity contribution in [2.75, 3.05) is 13.1 Å². The van der Waals surface area contributed by atoms with Gasteiger partial charge in [0, 0.05) is 6.54 Å². The lowest BCUT2D eigenvalue weighted by molar-refractivity contribution is 0.380. The Balaban J connectivity index is 2.21. The van der Waals surface area contributed by atoms with Crippen LogP contribution in [-0.2, 0) is 0 Å². The van der Waals surface area contributed by atoms with E-state index >= 15 is 0 Å². The van der Waals surface area contributed by atoms with E-state index < -0.39 is 0 Å². The minimum atomic E-state index is 0.151. The first kappa shape index (κ1) is 10.5. The first-order chi connectivity index (χ1) is 7.72. The van der Waals surface area contributed by atoms with Crippen LogP contribution in [0.5, 0.6) is 5.75 Å². The predicted octanol–water partition coefficient (Wildman–Crippen LogP) is 1.25. The average Bonchev–Trinajstić information content (AvgIpc) is 2.63. The number of hydrogen-bond acceptors (Lipinski definition) is 4. The lowest BCUT2D eigenvalue weighted by Crippen LogP contribution is -2.36. The van der Waals surface area contributed by atoms with Crippen molar-refractivity contribution in [3.8, 4) is 5.75 Å². The first-order valence-corrected chi connectivity index (χ1v) is 5.18. The fourth-order valence-corrected chi connectivity index (χ4v) is 1.87. The Morgan fingerprint density at radius 3 is 2.81 bits per heavy atom. The van der Waals surface area contributed by atoms with E-state index in [9.17, 15) is 5.11 Å². The Hall–Kier alpha value is -1.97. The quantitative estimate of drug-likeness (QED) is 0.749. The van der Waals surface area contributed by atoms with Crippen LogP contribution in [0.2, 0.25) is 0 Å². The fraction of sp³-hybridized carbons (Fsp3) is 0.250. The maximum atomic E-state index is 9.24. The number of aromatic hydroxyl groups is 1. The highest BCUT2D eigenvalue weighted by Crippen LogP contribution is 2.26. The van der Waals surface area contributed by atoms with Crippen LogP contribution >= 0.6 is 0 Å². The van der Waals surface area contributed by atoms with Gasteiger partial charge in [0.15, 0.2) is 5.96 Å². The summed E-state index contributed by atoms with van der Waals surface area (Å²) in [4.78, 5) is 6.23. The summed E-state index contributed by atoms with van der Waals surface area (Å²) in [5, 5.41) is 9.24. The van der Waals surface area contributed by atoms with E-state index in [-0.39, 0.29) is 11.8 Å². The highest BCUT2D eigenvalue weighted by Gasteiger charge is 2.26. The average molecular weight is 217 g/mol. The number of aliphatic imine (C=N–C) groups is 1. The van der Waals surface area contributed by atoms with Crippen LogP contribution in [0.4, 0.5) is 0 Å². The number of phenols is 1. The molecular formula is C12H15N3O. The molecule has 0 aromatic heterocycles. The van der Waals surface area contributed by atoms with E-state index in [0.29, 0.717) is 19.0 Å². The molecule has 1 aromatic rings. The molecule has 1 aromatic carbocycles. The molecule has 1 unspecified atom stereocenters. The highest BCUT2D eigenvalue weighted by molar-refractivity contribution is 5.80. The molecule has 0 radical (unpaired) electrons. The number of rotatable bonds is 3. The Morgan fingerprint density at radius 1 is 1.50 bits per heavy atom. The van der Waals surface area contributed by atoms with Crippen LogP contribution in [0.25, 0.3) is 0 Å². The number of phenolic OH excluding ortho intramolecular Hbond substituents is 1. The lowest BCUT2D eigenvalue weighted by Gasteiger charge is -2.25. The summed E-state index contributed by atoms with van der Waals surface area (Å²) in [6, 6.07) is 7.29. The Kier molecular flexibility index (Phi) is 2.81. The van der Waals surface area contributed by atoms with Gasteiger partial charge in [0.25, 0.3) is 0 Å². The van der Waals surface area contributed by atoms with Crippen molar-refractivity contribution in [3.63, 3.8) is 0 Å². The maximum absolute atomic E-state index is 9.24. The molecule has 0 spiro atoms. The molecule has 1 aliphatic rings. The zero-order valence-corrected chi connectivity index (χ0v) is 9.00. The van der Waals surface area contributed by atoms with Crippen molar-refractivity contribution in [2.45, 2.75) is 6.04 Å². The lowest BCUT2D eigenvalue weighted by atomic mass is 10.1. The summed E-state index contributed by atoms with van der Waals surface area (Å²) in [5.74, 6) is 0.823. The highest BCUT2D eigenvalue weighted by atomic mass is 16.3. The molecule has 0 saturated carbocycles. The van der Waals surface area contributed by atoms with Crippen molar-refractivity contribution in [1.82, 2.24) is 4.90 Å². The smallest absolute Gasteiger partial charge is 0.192 e. The molecule has 2 rings (SSSR count). The van der Waals surface area contributed by atoms with Crippen LogP contribution < -0.4 is 5.73 Å². The van der Waals surface area contributed by atoms with Gasteiger partial charge in [-0.3, -0.25) is 4.99 Å². The molecule has 0 fully saturated rings. The molecule has 0 aliphatic carbocycles. The molecular weight excluding hydrogens is 202 g/mol. The maximum Gasteiger partial charge on any atom is 0.192 e. The van der Waals surface area contributed by atoms with E-state index in [2.05, 4.69) is 11.6 Å². The van der Waals surface area contributed by atoms with Crippen LogP contribution in [0.1, 0.15) is 11.6 Å². The van der Waals surface area contributed by atoms with Crippen LogP contribution in [-0.4, -0.2) is 29.1 Å². The molecule has 4 nitrogen and oxygen atoms in total. The molecule has 1 heterocycles. The van der Waals surface area contributed by atoms with E-state index in [1.807, 2.05) is 17.0 Å². The molecule has 3 N–H and O–H groups in total. The third-order valence-electron chi connectivity index (χ3n) is 2.70. The van der Waals surface area contributed by atoms with E-state index in [4.69, 9.17) is 5.73 Å². The van der Waals surface area contributed by atoms with Gasteiger partial charge in [-0.15, -0.1) is 6.58 Å². The minimum absolute atomic E-state index is 0.151. The molecule has 1 aliphatic heterocycles. The van der Waals surface area contributed by atoms with Gasteiger partial charge in [0.2, 0.25) is 0 Å². The Labute approximate surface area is 94.7 Å². The summed E-state index contributed by atoms with van der Waals surface area (Å²) in [7, 11) is 0. The second kappa shape index (κ2) is 4.26. The normalized spacial score (nSPS) is 19.6. The minimum Gasteiger partial charge on any atom is -0.508 e. The van der Waals surface area contributed by atoms with Crippen LogP contribution in [0, 0.1) is 0 Å². The van der Waals surface area contributed by atoms with Crippen molar-refractivity contribution >= 4 is 5.96 Å². The van der Waals surface area contributed by atoms with E-state index in [1.165, 1.54) is 0 Å². The van der Waals surface area contributed by atoms with Gasteiger partial charge in [-0.05, 0) is 17.7 Å². The van der Waals surface area contributed by atoms with Crippen LogP contribution in [0.15, 0.2) is 41.9 Å². The standard InChI is InChI=1S/C12H15N3O/c1-2-7-15-11(8-14-12(15)13)9-3-5-10(16)6-4-9/h2-6,11,16H,1,7-8H2,(H2,13,14). The summed E-state index contributed by atoms with van der Waals surface area (Å²) in [5.41, 5.74) is 6.90. The number of nitrogens with zero attached hydrogens (tertiary/aromatic N) is 2. The zero-order chi connectivity index (χ0) is 11.5. The topological polar surface area (TPSA) is 61.8 Å². The van der Waals surface area contributed by atoms with Gasteiger partial charge in [-0.25, -0.2) is 0 Å². The number of benzene rings is 1. The van der Waals surface area contributed by atoms with Gasteiger partial charge < -0.3 is 15.7 Å². The van der Waals surface area contributed by atoms with Gasteiger partial charge in [0.1, 0.15) is 5.75 Å². The second-order valence-corrected chi connectivity index (χ2v) is 3.75. The first-order valence-electron chi connectivity index (χ1n) is 5.18. The van der Waals surface area contributed by atoms with Gasteiger partial charge in [-0.2, -0.15) is 0 Å². The predicted molar refractivity (Wildman–Crippen MR) is 64.2 cm³/mol. The molecule has 0 amide bonds. The summed E-state index contributed by atoms with van der Waals surface area (Å²) in [6.07, 6.45) is 1.81. The van der Waals surface area contributed by atoms with Gasteiger partial charge in [-0.1, -0.05) is 18.2 Å². The zero-order valence-electron chi connectivity index (χ0n) is 9.00. The van der Waals surface area contributed by atoms with Crippen molar-refractivity contribution in [3.05, 3.63) is 42.5 Å². The summed E-state index contributed by atoms with van der Waals surface area (Å²) < 4.78 is 0. The van der Waals surface area contributed by atoms with Crippen molar-refractivity contribution in [1.29, 1.82) is 0 Å². The molecule has 0 saturated heterocycles. The number of guanidine groups is 1. The van der Waals surface area contributed by atoms with Crippen molar-refractivity contribution < 1.29 is 5.11 Å². The van der Waals surface area contributed by atoms with Gasteiger partial charge >= 0.3 is 0 Å². The molecule has 84 valence electrons. The third-order valence-corrected chi connectivity index (χ3v) is 2.70. The second-order valence-electron chi connectivity index (χ2n) is 3.75. The van der Waals surface area contributed by atoms with E-state index in [1.54, 1.807) is 18.2 Å². The molecule has 1 atom stereocenters. The van der Waals surface area contributed by atoms with Gasteiger partial charge in [0.05, 0.1) is 12.6 Å². The Bertz CT molecular complexity index is 411. The van der Waals surface area contributed by atoms with Crippen LogP contribution in [0.3, 0.4) is 0 Å². The molecule has 0 bridgehead atoms. The Morgan fingerprint density at radius 2 is 2.19 bits per heavy atom. The number of hydrogen-bond donors (Lipinski definition) is 2. The largest absolute Gasteiger partial charge is 0.508 e. The van der Waals surface area contributed by atoms with Crippen molar-refractivity contribution in [2.24, 2.45) is 10.7 Å². The SMILES string of the molecule is C=CCN1C(N)=NCC1c1ccc(O)cc1.